The third kappa shape index (κ3) is 5.87. The number of carbonyl (C=O) groups is 1. The zero-order valence-electron chi connectivity index (χ0n) is 21.7. The molecule has 0 atom stereocenters. The minimum absolute atomic E-state index is 0.201. The number of aryl methyl sites for hydroxylation is 1. The van der Waals surface area contributed by atoms with Gasteiger partial charge in [0.2, 0.25) is 11.7 Å². The molecule has 1 amide bonds. The van der Waals surface area contributed by atoms with Crippen LogP contribution in [0.5, 0.6) is 5.75 Å². The van der Waals surface area contributed by atoms with Crippen LogP contribution >= 0.6 is 0 Å². The van der Waals surface area contributed by atoms with Gasteiger partial charge in [0.25, 0.3) is 0 Å². The van der Waals surface area contributed by atoms with Crippen molar-refractivity contribution in [1.29, 1.82) is 5.26 Å². The maximum Gasteiger partial charge on any atom is 0.234 e. The number of hydrogen-bond acceptors (Lipinski definition) is 6. The van der Waals surface area contributed by atoms with Gasteiger partial charge in [-0.25, -0.2) is 9.97 Å². The molecule has 3 aromatic rings. The van der Waals surface area contributed by atoms with Crippen LogP contribution in [0.15, 0.2) is 36.5 Å². The molecule has 0 radical (unpaired) electrons. The van der Waals surface area contributed by atoms with Crippen LogP contribution in [0.1, 0.15) is 63.4 Å². The Bertz CT molecular complexity index is 1250. The molecule has 0 N–H and O–H groups in total. The van der Waals surface area contributed by atoms with Gasteiger partial charge in [0, 0.05) is 56.4 Å². The second-order valence-corrected chi connectivity index (χ2v) is 10.2. The van der Waals surface area contributed by atoms with Gasteiger partial charge >= 0.3 is 0 Å². The second-order valence-electron chi connectivity index (χ2n) is 10.2. The van der Waals surface area contributed by atoms with Crippen LogP contribution in [0, 0.1) is 17.2 Å². The van der Waals surface area contributed by atoms with Gasteiger partial charge in [-0.3, -0.25) is 4.79 Å². The molecule has 194 valence electrons. The van der Waals surface area contributed by atoms with E-state index in [0.29, 0.717) is 13.0 Å². The van der Waals surface area contributed by atoms with E-state index in [2.05, 4.69) is 43.7 Å². The highest BCUT2D eigenvalue weighted by Crippen LogP contribution is 2.29. The third-order valence-electron chi connectivity index (χ3n) is 7.83. The summed E-state index contributed by atoms with van der Waals surface area (Å²) in [5.74, 6) is 2.00. The van der Waals surface area contributed by atoms with Gasteiger partial charge in [-0.1, -0.05) is 39.0 Å². The van der Waals surface area contributed by atoms with Gasteiger partial charge in [0.05, 0.1) is 5.69 Å². The molecule has 0 unspecified atom stereocenters. The number of rotatable bonds is 8. The van der Waals surface area contributed by atoms with Crippen molar-refractivity contribution in [2.24, 2.45) is 5.92 Å². The van der Waals surface area contributed by atoms with Crippen molar-refractivity contribution in [2.45, 2.75) is 65.0 Å². The van der Waals surface area contributed by atoms with Crippen molar-refractivity contribution in [3.8, 4) is 11.8 Å². The van der Waals surface area contributed by atoms with E-state index >= 15 is 0 Å². The Kier molecular flexibility index (Phi) is 7.88. The Balaban J connectivity index is 1.25. The first-order valence-corrected chi connectivity index (χ1v) is 13.7. The molecule has 37 heavy (non-hydrogen) atoms. The smallest absolute Gasteiger partial charge is 0.234 e. The molecule has 3 heterocycles. The number of hydrogen-bond donors (Lipinski definition) is 0. The van der Waals surface area contributed by atoms with Gasteiger partial charge in [-0.15, -0.1) is 0 Å². The summed E-state index contributed by atoms with van der Waals surface area (Å²) in [5, 5.41) is 10.3. The molecular weight excluding hydrogens is 464 g/mol. The van der Waals surface area contributed by atoms with Crippen molar-refractivity contribution in [2.75, 3.05) is 31.1 Å². The van der Waals surface area contributed by atoms with E-state index in [1.807, 2.05) is 24.0 Å². The lowest BCUT2D eigenvalue weighted by Crippen LogP contribution is -2.48. The highest BCUT2D eigenvalue weighted by atomic mass is 16.5. The van der Waals surface area contributed by atoms with Gasteiger partial charge in [0.15, 0.2) is 0 Å². The Hall–Kier alpha value is -3.60. The van der Waals surface area contributed by atoms with Crippen molar-refractivity contribution < 1.29 is 9.53 Å². The largest absolute Gasteiger partial charge is 0.487 e. The Morgan fingerprint density at radius 2 is 1.86 bits per heavy atom. The maximum absolute atomic E-state index is 11.9. The van der Waals surface area contributed by atoms with Crippen LogP contribution in [0.4, 0.5) is 5.69 Å². The third-order valence-corrected chi connectivity index (χ3v) is 7.83. The van der Waals surface area contributed by atoms with Crippen LogP contribution in [0.25, 0.3) is 11.0 Å². The number of amides is 1. The van der Waals surface area contributed by atoms with Crippen LogP contribution in [-0.2, 0) is 17.9 Å². The number of ether oxygens (including phenoxy) is 1. The first-order chi connectivity index (χ1) is 18.1. The van der Waals surface area contributed by atoms with E-state index < -0.39 is 0 Å². The Morgan fingerprint density at radius 3 is 2.57 bits per heavy atom. The van der Waals surface area contributed by atoms with Crippen molar-refractivity contribution in [1.82, 2.24) is 19.4 Å². The molecule has 1 aromatic carbocycles. The van der Waals surface area contributed by atoms with Crippen LogP contribution in [0.2, 0.25) is 0 Å². The Labute approximate surface area is 218 Å². The summed E-state index contributed by atoms with van der Waals surface area (Å²) in [7, 11) is 0. The fourth-order valence-electron chi connectivity index (χ4n) is 5.65. The number of benzene rings is 1. The zero-order valence-corrected chi connectivity index (χ0v) is 21.7. The first kappa shape index (κ1) is 25.1. The molecule has 1 saturated heterocycles. The highest BCUT2D eigenvalue weighted by Gasteiger charge is 2.20. The number of carbonyl (C=O) groups excluding carboxylic acids is 1. The van der Waals surface area contributed by atoms with Crippen molar-refractivity contribution >= 4 is 22.6 Å². The van der Waals surface area contributed by atoms with E-state index in [1.165, 1.54) is 32.1 Å². The van der Waals surface area contributed by atoms with Crippen LogP contribution in [0.3, 0.4) is 0 Å². The van der Waals surface area contributed by atoms with Crippen molar-refractivity contribution in [3.63, 3.8) is 0 Å². The minimum Gasteiger partial charge on any atom is -0.487 e. The molecule has 5 rings (SSSR count). The number of nitrogens with zero attached hydrogens (tertiary/aromatic N) is 6. The summed E-state index contributed by atoms with van der Waals surface area (Å²) in [4.78, 5) is 24.9. The minimum atomic E-state index is 0.201. The lowest BCUT2D eigenvalue weighted by molar-refractivity contribution is -0.131. The standard InChI is InChI=1S/C29H36N6O2/c1-2-28(36)34-16-14-33(15-17-34)24-8-10-26(11-9-24)37-21-25-18-23-20-31-27(19-30)32-29(23)35(25)13-12-22-6-4-3-5-7-22/h8-11,18,20,22H,2-7,12-17,21H2,1H3. The maximum atomic E-state index is 11.9. The number of aromatic nitrogens is 3. The predicted molar refractivity (Wildman–Crippen MR) is 143 cm³/mol. The van der Waals surface area contributed by atoms with Gasteiger partial charge in [0.1, 0.15) is 24.1 Å². The molecule has 0 spiro atoms. The number of nitriles is 1. The molecule has 2 fully saturated rings. The number of anilines is 1. The van der Waals surface area contributed by atoms with Gasteiger partial charge < -0.3 is 19.1 Å². The van der Waals surface area contributed by atoms with E-state index in [0.717, 1.165) is 73.2 Å². The molecule has 1 aliphatic carbocycles. The summed E-state index contributed by atoms with van der Waals surface area (Å²) >= 11 is 0. The van der Waals surface area contributed by atoms with E-state index in [-0.39, 0.29) is 11.7 Å². The van der Waals surface area contributed by atoms with Crippen LogP contribution < -0.4 is 9.64 Å². The van der Waals surface area contributed by atoms with E-state index in [4.69, 9.17) is 4.74 Å². The lowest BCUT2D eigenvalue weighted by Gasteiger charge is -2.36. The number of piperazine rings is 1. The molecular formula is C29H36N6O2. The monoisotopic (exact) mass is 500 g/mol. The highest BCUT2D eigenvalue weighted by molar-refractivity contribution is 5.77. The molecule has 8 heteroatoms. The summed E-state index contributed by atoms with van der Waals surface area (Å²) in [6.07, 6.45) is 10.1. The lowest BCUT2D eigenvalue weighted by atomic mass is 9.87. The fraction of sp³-hybridized carbons (Fsp3) is 0.517. The quantitative estimate of drug-likeness (QED) is 0.437. The average molecular weight is 501 g/mol. The molecule has 2 aliphatic rings. The average Bonchev–Trinajstić information content (AvgIpc) is 3.31. The zero-order chi connectivity index (χ0) is 25.6. The normalized spacial score (nSPS) is 16.6. The van der Waals surface area contributed by atoms with E-state index in [1.54, 1.807) is 6.20 Å². The summed E-state index contributed by atoms with van der Waals surface area (Å²) in [5.41, 5.74) is 3.02. The summed E-state index contributed by atoms with van der Waals surface area (Å²) in [6.45, 7) is 6.46. The van der Waals surface area contributed by atoms with Crippen LogP contribution in [-0.4, -0.2) is 51.5 Å². The predicted octanol–water partition coefficient (Wildman–Crippen LogP) is 4.91. The van der Waals surface area contributed by atoms with Crippen molar-refractivity contribution in [3.05, 3.63) is 48.0 Å². The molecule has 1 saturated carbocycles. The number of fused-ring (bicyclic) bond motifs is 1. The molecule has 0 bridgehead atoms. The molecule has 1 aliphatic heterocycles. The molecule has 2 aromatic heterocycles. The summed E-state index contributed by atoms with van der Waals surface area (Å²) < 4.78 is 8.43. The van der Waals surface area contributed by atoms with E-state index in [9.17, 15) is 10.1 Å². The summed E-state index contributed by atoms with van der Waals surface area (Å²) in [6, 6.07) is 12.4. The second kappa shape index (κ2) is 11.6. The molecule has 8 nitrogen and oxygen atoms in total. The topological polar surface area (TPSA) is 87.3 Å². The first-order valence-electron chi connectivity index (χ1n) is 13.7. The SMILES string of the molecule is CCC(=O)N1CCN(c2ccc(OCc3cc4cnc(C#N)nc4n3CCC3CCCCC3)cc2)CC1. The fourth-order valence-corrected chi connectivity index (χ4v) is 5.65. The Morgan fingerprint density at radius 1 is 1.11 bits per heavy atom. The van der Waals surface area contributed by atoms with Gasteiger partial charge in [-0.2, -0.15) is 5.26 Å². The van der Waals surface area contributed by atoms with Gasteiger partial charge in [-0.05, 0) is 42.7 Å².